The molecule has 1 fully saturated rings. The predicted octanol–water partition coefficient (Wildman–Crippen LogP) is 1.91. The highest BCUT2D eigenvalue weighted by molar-refractivity contribution is 5.32. The molecule has 0 spiro atoms. The van der Waals surface area contributed by atoms with E-state index >= 15 is 0 Å². The molecule has 1 heterocycles. The zero-order chi connectivity index (χ0) is 8.55. The highest BCUT2D eigenvalue weighted by Crippen LogP contribution is 2.32. The molecule has 0 amide bonds. The molecule has 0 radical (unpaired) electrons. The van der Waals surface area contributed by atoms with Crippen LogP contribution in [-0.2, 0) is 4.74 Å². The first-order chi connectivity index (χ1) is 5.81. The van der Waals surface area contributed by atoms with Gasteiger partial charge in [-0.2, -0.15) is 0 Å². The van der Waals surface area contributed by atoms with Gasteiger partial charge in [-0.15, -0.1) is 0 Å². The second-order valence-electron chi connectivity index (χ2n) is 2.72. The average Bonchev–Trinajstić information content (AvgIpc) is 2.88. The Morgan fingerprint density at radius 1 is 1.58 bits per heavy atom. The van der Waals surface area contributed by atoms with Crippen LogP contribution in [0.1, 0.15) is 11.7 Å². The molecule has 0 N–H and O–H groups in total. The highest BCUT2D eigenvalue weighted by atomic mass is 19.1. The Bertz CT molecular complexity index is 295. The van der Waals surface area contributed by atoms with Crippen molar-refractivity contribution in [3.05, 3.63) is 29.6 Å². The number of halogens is 1. The molecule has 64 valence electrons. The molecule has 0 bridgehead atoms. The standard InChI is InChI=1S/C9H9FO2/c1-11-8-4-6(9-5-12-9)2-3-7(8)10/h2-4,9H,5H2,1H3/t9-/m0/s1. The Morgan fingerprint density at radius 3 is 2.92 bits per heavy atom. The monoisotopic (exact) mass is 168 g/mol. The molecule has 0 aromatic heterocycles. The molecule has 2 nitrogen and oxygen atoms in total. The second kappa shape index (κ2) is 2.75. The number of ether oxygens (including phenoxy) is 2. The zero-order valence-electron chi connectivity index (χ0n) is 6.71. The quantitative estimate of drug-likeness (QED) is 0.629. The van der Waals surface area contributed by atoms with Crippen molar-refractivity contribution in [2.24, 2.45) is 0 Å². The van der Waals surface area contributed by atoms with Crippen molar-refractivity contribution < 1.29 is 13.9 Å². The van der Waals surface area contributed by atoms with Crippen molar-refractivity contribution in [3.8, 4) is 5.75 Å². The van der Waals surface area contributed by atoms with Crippen LogP contribution in [0.3, 0.4) is 0 Å². The third-order valence-electron chi connectivity index (χ3n) is 1.88. The fourth-order valence-electron chi connectivity index (χ4n) is 1.12. The molecule has 12 heavy (non-hydrogen) atoms. The molecule has 1 aliphatic rings. The van der Waals surface area contributed by atoms with Crippen LogP contribution in [-0.4, -0.2) is 13.7 Å². The number of hydrogen-bond donors (Lipinski definition) is 0. The Morgan fingerprint density at radius 2 is 2.33 bits per heavy atom. The molecule has 1 saturated heterocycles. The topological polar surface area (TPSA) is 21.8 Å². The second-order valence-corrected chi connectivity index (χ2v) is 2.72. The van der Waals surface area contributed by atoms with Crippen LogP contribution in [0.2, 0.25) is 0 Å². The smallest absolute Gasteiger partial charge is 0.165 e. The molecule has 2 rings (SSSR count). The summed E-state index contributed by atoms with van der Waals surface area (Å²) < 4.78 is 22.8. The van der Waals surface area contributed by atoms with Crippen molar-refractivity contribution in [1.29, 1.82) is 0 Å². The Kier molecular flexibility index (Phi) is 1.73. The summed E-state index contributed by atoms with van der Waals surface area (Å²) in [5.74, 6) is -0.0510. The molecule has 3 heteroatoms. The molecule has 0 unspecified atom stereocenters. The summed E-state index contributed by atoms with van der Waals surface area (Å²) >= 11 is 0. The van der Waals surface area contributed by atoms with Gasteiger partial charge in [0.25, 0.3) is 0 Å². The summed E-state index contributed by atoms with van der Waals surface area (Å²) in [4.78, 5) is 0. The lowest BCUT2D eigenvalue weighted by molar-refractivity contribution is 0.382. The third-order valence-corrected chi connectivity index (χ3v) is 1.88. The van der Waals surface area contributed by atoms with Crippen molar-refractivity contribution >= 4 is 0 Å². The van der Waals surface area contributed by atoms with Gasteiger partial charge in [-0.05, 0) is 17.7 Å². The minimum atomic E-state index is -0.332. The van der Waals surface area contributed by atoms with E-state index in [0.29, 0.717) is 0 Å². The largest absolute Gasteiger partial charge is 0.494 e. The van der Waals surface area contributed by atoms with Gasteiger partial charge in [-0.3, -0.25) is 0 Å². The first-order valence-electron chi connectivity index (χ1n) is 3.76. The minimum Gasteiger partial charge on any atom is -0.494 e. The number of benzene rings is 1. The fourth-order valence-corrected chi connectivity index (χ4v) is 1.12. The predicted molar refractivity (Wildman–Crippen MR) is 41.6 cm³/mol. The van der Waals surface area contributed by atoms with E-state index in [2.05, 4.69) is 0 Å². The van der Waals surface area contributed by atoms with Gasteiger partial charge in [-0.1, -0.05) is 6.07 Å². The molecule has 1 atom stereocenters. The number of methoxy groups -OCH3 is 1. The van der Waals surface area contributed by atoms with Crippen LogP contribution in [0.15, 0.2) is 18.2 Å². The van der Waals surface area contributed by atoms with E-state index in [1.54, 1.807) is 12.1 Å². The molecular formula is C9H9FO2. The Balaban J connectivity index is 2.33. The maximum Gasteiger partial charge on any atom is 0.165 e. The fraction of sp³-hybridized carbons (Fsp3) is 0.333. The van der Waals surface area contributed by atoms with Crippen molar-refractivity contribution in [2.75, 3.05) is 13.7 Å². The Labute approximate surface area is 69.9 Å². The third kappa shape index (κ3) is 1.28. The van der Waals surface area contributed by atoms with E-state index in [4.69, 9.17) is 9.47 Å². The van der Waals surface area contributed by atoms with E-state index in [1.807, 2.05) is 0 Å². The van der Waals surface area contributed by atoms with Gasteiger partial charge in [-0.25, -0.2) is 4.39 Å². The minimum absolute atomic E-state index is 0.152. The van der Waals surface area contributed by atoms with Gasteiger partial charge >= 0.3 is 0 Å². The molecule has 1 aromatic rings. The van der Waals surface area contributed by atoms with Gasteiger partial charge in [0.15, 0.2) is 11.6 Å². The van der Waals surface area contributed by atoms with Gasteiger partial charge in [0.1, 0.15) is 6.10 Å². The molecule has 0 saturated carbocycles. The summed E-state index contributed by atoms with van der Waals surface area (Å²) in [6.07, 6.45) is 0.152. The molecular weight excluding hydrogens is 159 g/mol. The van der Waals surface area contributed by atoms with Crippen LogP contribution in [0.5, 0.6) is 5.75 Å². The summed E-state index contributed by atoms with van der Waals surface area (Å²) in [5, 5.41) is 0. The van der Waals surface area contributed by atoms with Gasteiger partial charge in [0.05, 0.1) is 13.7 Å². The van der Waals surface area contributed by atoms with Crippen molar-refractivity contribution in [3.63, 3.8) is 0 Å². The maximum absolute atomic E-state index is 12.9. The lowest BCUT2D eigenvalue weighted by Gasteiger charge is -2.02. The maximum atomic E-state index is 12.9. The van der Waals surface area contributed by atoms with E-state index < -0.39 is 0 Å². The first kappa shape index (κ1) is 7.55. The van der Waals surface area contributed by atoms with Gasteiger partial charge in [0.2, 0.25) is 0 Å². The van der Waals surface area contributed by atoms with Crippen LogP contribution in [0, 0.1) is 5.82 Å². The summed E-state index contributed by atoms with van der Waals surface area (Å²) in [5.41, 5.74) is 0.980. The van der Waals surface area contributed by atoms with Gasteiger partial charge < -0.3 is 9.47 Å². The van der Waals surface area contributed by atoms with Gasteiger partial charge in [0, 0.05) is 0 Å². The normalized spacial score (nSPS) is 20.7. The SMILES string of the molecule is COc1cc([C@@H]2CO2)ccc1F. The van der Waals surface area contributed by atoms with E-state index in [1.165, 1.54) is 13.2 Å². The number of rotatable bonds is 2. The van der Waals surface area contributed by atoms with Crippen LogP contribution in [0.25, 0.3) is 0 Å². The summed E-state index contributed by atoms with van der Waals surface area (Å²) in [6.45, 7) is 0.731. The lowest BCUT2D eigenvalue weighted by atomic mass is 10.1. The number of hydrogen-bond acceptors (Lipinski definition) is 2. The molecule has 0 aliphatic carbocycles. The highest BCUT2D eigenvalue weighted by Gasteiger charge is 2.25. The van der Waals surface area contributed by atoms with E-state index in [-0.39, 0.29) is 17.7 Å². The van der Waals surface area contributed by atoms with Crippen LogP contribution < -0.4 is 4.74 Å². The van der Waals surface area contributed by atoms with Crippen molar-refractivity contribution in [2.45, 2.75) is 6.10 Å². The van der Waals surface area contributed by atoms with Crippen molar-refractivity contribution in [1.82, 2.24) is 0 Å². The number of epoxide rings is 1. The Hall–Kier alpha value is -1.09. The lowest BCUT2D eigenvalue weighted by Crippen LogP contribution is -1.90. The van der Waals surface area contributed by atoms with Crippen LogP contribution in [0.4, 0.5) is 4.39 Å². The summed E-state index contributed by atoms with van der Waals surface area (Å²) in [7, 11) is 1.45. The average molecular weight is 168 g/mol. The molecule has 1 aliphatic heterocycles. The van der Waals surface area contributed by atoms with Crippen LogP contribution >= 0.6 is 0 Å². The summed E-state index contributed by atoms with van der Waals surface area (Å²) in [6, 6.07) is 4.79. The van der Waals surface area contributed by atoms with E-state index in [0.717, 1.165) is 12.2 Å². The van der Waals surface area contributed by atoms with E-state index in [9.17, 15) is 4.39 Å². The first-order valence-corrected chi connectivity index (χ1v) is 3.76. The molecule has 1 aromatic carbocycles. The zero-order valence-corrected chi connectivity index (χ0v) is 6.71.